The van der Waals surface area contributed by atoms with Gasteiger partial charge in [-0.15, -0.1) is 5.10 Å². The first-order valence-electron chi connectivity index (χ1n) is 10.6. The largest absolute Gasteiger partial charge is 0.481 e. The number of hydrogen-bond acceptors (Lipinski definition) is 6. The van der Waals surface area contributed by atoms with Gasteiger partial charge in [-0.3, -0.25) is 4.79 Å². The molecule has 0 amide bonds. The average Bonchev–Trinajstić information content (AvgIpc) is 3.16. The molecule has 0 saturated carbocycles. The molecule has 8 nitrogen and oxygen atoms in total. The Balaban J connectivity index is 2.23. The van der Waals surface area contributed by atoms with E-state index in [1.165, 1.54) is 0 Å². The third-order valence-electron chi connectivity index (χ3n) is 5.22. The minimum absolute atomic E-state index is 0.230. The van der Waals surface area contributed by atoms with Crippen LogP contribution in [0, 0.1) is 5.92 Å². The van der Waals surface area contributed by atoms with Gasteiger partial charge in [0, 0.05) is 27.1 Å². The minimum Gasteiger partial charge on any atom is -0.481 e. The quantitative estimate of drug-likeness (QED) is 0.368. The number of carboxylic acid groups (broad SMARTS) is 1. The smallest absolute Gasteiger partial charge is 0.307 e. The number of aromatic nitrogens is 4. The lowest BCUT2D eigenvalue weighted by molar-refractivity contribution is -0.143. The van der Waals surface area contributed by atoms with E-state index in [2.05, 4.69) is 35.2 Å². The van der Waals surface area contributed by atoms with Gasteiger partial charge in [0.1, 0.15) is 6.73 Å². The van der Waals surface area contributed by atoms with Crippen LogP contribution in [0.25, 0.3) is 0 Å². The first-order valence-corrected chi connectivity index (χ1v) is 14.3. The van der Waals surface area contributed by atoms with Gasteiger partial charge in [-0.1, -0.05) is 57.3 Å². The standard InChI is InChI=1S/C21H35N5O3Si/c1-5-6-18(21(27)28)19(13-16-7-9-17(14-22)10-8-16)20-23-24-25-26(20)15-29-11-12-30(2,3)4/h7-10,18-19H,5-6,11-15,22H2,1-4H3,(H,27,28)/t18?,19-/m0/s1. The fourth-order valence-corrected chi connectivity index (χ4v) is 4.14. The van der Waals surface area contributed by atoms with Crippen LogP contribution >= 0.6 is 0 Å². The van der Waals surface area contributed by atoms with Gasteiger partial charge < -0.3 is 15.6 Å². The second kappa shape index (κ2) is 11.3. The van der Waals surface area contributed by atoms with Gasteiger partial charge in [0.15, 0.2) is 5.82 Å². The summed E-state index contributed by atoms with van der Waals surface area (Å²) in [4.78, 5) is 12.1. The van der Waals surface area contributed by atoms with Crippen molar-refractivity contribution >= 4 is 14.0 Å². The summed E-state index contributed by atoms with van der Waals surface area (Å²) in [6.45, 7) is 10.2. The zero-order chi connectivity index (χ0) is 22.1. The molecule has 1 aromatic carbocycles. The van der Waals surface area contributed by atoms with E-state index in [0.717, 1.165) is 23.6 Å². The molecule has 30 heavy (non-hydrogen) atoms. The maximum Gasteiger partial charge on any atom is 0.307 e. The third kappa shape index (κ3) is 7.30. The molecule has 0 fully saturated rings. The summed E-state index contributed by atoms with van der Waals surface area (Å²) in [7, 11) is -1.19. The van der Waals surface area contributed by atoms with Crippen molar-refractivity contribution in [2.24, 2.45) is 11.7 Å². The summed E-state index contributed by atoms with van der Waals surface area (Å²) in [6, 6.07) is 9.00. The summed E-state index contributed by atoms with van der Waals surface area (Å²) in [5.41, 5.74) is 7.77. The van der Waals surface area contributed by atoms with Gasteiger partial charge in [0.2, 0.25) is 0 Å². The lowest BCUT2D eigenvalue weighted by Gasteiger charge is -2.23. The van der Waals surface area contributed by atoms with Crippen molar-refractivity contribution in [1.82, 2.24) is 20.2 Å². The molecule has 0 saturated heterocycles. The molecule has 3 N–H and O–H groups in total. The number of carbonyl (C=O) groups is 1. The highest BCUT2D eigenvalue weighted by molar-refractivity contribution is 6.76. The van der Waals surface area contributed by atoms with Crippen LogP contribution in [0.3, 0.4) is 0 Å². The van der Waals surface area contributed by atoms with E-state index in [-0.39, 0.29) is 12.6 Å². The second-order valence-electron chi connectivity index (χ2n) is 8.95. The van der Waals surface area contributed by atoms with E-state index in [4.69, 9.17) is 10.5 Å². The molecular formula is C21H35N5O3Si. The van der Waals surface area contributed by atoms with E-state index < -0.39 is 20.0 Å². The van der Waals surface area contributed by atoms with Crippen LogP contribution in [0.4, 0.5) is 0 Å². The molecule has 0 aliphatic heterocycles. The molecule has 0 aliphatic carbocycles. The second-order valence-corrected chi connectivity index (χ2v) is 14.6. The molecule has 2 rings (SSSR count). The number of rotatable bonds is 13. The number of hydrogen-bond donors (Lipinski definition) is 2. The van der Waals surface area contributed by atoms with Gasteiger partial charge in [0.05, 0.1) is 5.92 Å². The van der Waals surface area contributed by atoms with E-state index in [9.17, 15) is 9.90 Å². The highest BCUT2D eigenvalue weighted by Gasteiger charge is 2.33. The van der Waals surface area contributed by atoms with Crippen molar-refractivity contribution < 1.29 is 14.6 Å². The van der Waals surface area contributed by atoms with Gasteiger partial charge in [0.25, 0.3) is 0 Å². The molecule has 0 bridgehead atoms. The van der Waals surface area contributed by atoms with Crippen molar-refractivity contribution in [2.45, 2.75) is 71.1 Å². The van der Waals surface area contributed by atoms with Crippen LogP contribution in [0.15, 0.2) is 24.3 Å². The number of nitrogens with zero attached hydrogens (tertiary/aromatic N) is 4. The van der Waals surface area contributed by atoms with Crippen molar-refractivity contribution in [1.29, 1.82) is 0 Å². The molecule has 2 aromatic rings. The number of ether oxygens (including phenoxy) is 1. The van der Waals surface area contributed by atoms with Crippen LogP contribution in [0.5, 0.6) is 0 Å². The molecule has 1 unspecified atom stereocenters. The molecule has 166 valence electrons. The Morgan fingerprint density at radius 1 is 1.23 bits per heavy atom. The van der Waals surface area contributed by atoms with Crippen LogP contribution in [0.1, 0.15) is 42.6 Å². The molecule has 0 radical (unpaired) electrons. The topological polar surface area (TPSA) is 116 Å². The number of nitrogens with two attached hydrogens (primary N) is 1. The normalized spacial score (nSPS) is 13.9. The summed E-state index contributed by atoms with van der Waals surface area (Å²) in [6.07, 6.45) is 1.87. The summed E-state index contributed by atoms with van der Waals surface area (Å²) in [5.74, 6) is -1.18. The van der Waals surface area contributed by atoms with Crippen molar-refractivity contribution in [3.63, 3.8) is 0 Å². The van der Waals surface area contributed by atoms with E-state index >= 15 is 0 Å². The Hall–Kier alpha value is -2.10. The van der Waals surface area contributed by atoms with Gasteiger partial charge in [-0.05, 0) is 40.4 Å². The maximum atomic E-state index is 12.1. The lowest BCUT2D eigenvalue weighted by Crippen LogP contribution is -2.27. The van der Waals surface area contributed by atoms with E-state index in [1.807, 2.05) is 31.2 Å². The first-order chi connectivity index (χ1) is 14.2. The monoisotopic (exact) mass is 433 g/mol. The Morgan fingerprint density at radius 2 is 1.90 bits per heavy atom. The molecule has 2 atom stereocenters. The van der Waals surface area contributed by atoms with Crippen LogP contribution in [-0.4, -0.2) is 46.0 Å². The number of benzene rings is 1. The predicted molar refractivity (Wildman–Crippen MR) is 119 cm³/mol. The van der Waals surface area contributed by atoms with Crippen molar-refractivity contribution in [2.75, 3.05) is 6.61 Å². The lowest BCUT2D eigenvalue weighted by atomic mass is 9.83. The summed E-state index contributed by atoms with van der Waals surface area (Å²) >= 11 is 0. The maximum absolute atomic E-state index is 12.1. The molecule has 1 aromatic heterocycles. The zero-order valence-electron chi connectivity index (χ0n) is 18.5. The highest BCUT2D eigenvalue weighted by Crippen LogP contribution is 2.31. The van der Waals surface area contributed by atoms with E-state index in [0.29, 0.717) is 31.8 Å². The highest BCUT2D eigenvalue weighted by atomic mass is 28.3. The Bertz CT molecular complexity index is 789. The van der Waals surface area contributed by atoms with Gasteiger partial charge in [-0.25, -0.2) is 4.68 Å². The van der Waals surface area contributed by atoms with Gasteiger partial charge in [-0.2, -0.15) is 0 Å². The molecular weight excluding hydrogens is 398 g/mol. The third-order valence-corrected chi connectivity index (χ3v) is 6.92. The number of carboxylic acids is 1. The summed E-state index contributed by atoms with van der Waals surface area (Å²) < 4.78 is 7.43. The van der Waals surface area contributed by atoms with E-state index in [1.54, 1.807) is 4.68 Å². The fourth-order valence-electron chi connectivity index (χ4n) is 3.39. The molecule has 1 heterocycles. The SMILES string of the molecule is CCCC(C(=O)O)[C@H](Cc1ccc(CN)cc1)c1nnnn1COCC[Si](C)(C)C. The minimum atomic E-state index is -1.19. The number of tetrazole rings is 1. The van der Waals surface area contributed by atoms with Crippen LogP contribution in [-0.2, 0) is 29.2 Å². The molecule has 0 aliphatic rings. The Labute approximate surface area is 179 Å². The first kappa shape index (κ1) is 24.2. The Kier molecular flexibility index (Phi) is 9.13. The number of aliphatic carboxylic acids is 1. The van der Waals surface area contributed by atoms with Crippen LogP contribution in [0.2, 0.25) is 25.7 Å². The van der Waals surface area contributed by atoms with Crippen molar-refractivity contribution in [3.05, 3.63) is 41.2 Å². The zero-order valence-corrected chi connectivity index (χ0v) is 19.5. The summed E-state index contributed by atoms with van der Waals surface area (Å²) in [5, 5.41) is 22.0. The fraction of sp³-hybridized carbons (Fsp3) is 0.619. The van der Waals surface area contributed by atoms with Crippen LogP contribution < -0.4 is 5.73 Å². The Morgan fingerprint density at radius 3 is 2.47 bits per heavy atom. The van der Waals surface area contributed by atoms with Gasteiger partial charge >= 0.3 is 5.97 Å². The predicted octanol–water partition coefficient (Wildman–Crippen LogP) is 3.27. The average molecular weight is 434 g/mol. The molecule has 9 heteroatoms. The molecule has 0 spiro atoms. The van der Waals surface area contributed by atoms with Crippen molar-refractivity contribution in [3.8, 4) is 0 Å².